The monoisotopic (exact) mass is 341 g/mol. The first kappa shape index (κ1) is 16.4. The van der Waals surface area contributed by atoms with Crippen molar-refractivity contribution in [2.75, 3.05) is 36.4 Å². The van der Waals surface area contributed by atoms with Crippen molar-refractivity contribution in [2.24, 2.45) is 0 Å². The topological polar surface area (TPSA) is 57.4 Å². The molecule has 6 heteroatoms. The first-order valence-corrected chi connectivity index (χ1v) is 9.38. The van der Waals surface area contributed by atoms with Crippen molar-refractivity contribution in [2.45, 2.75) is 45.2 Å². The number of nitrogens with zero attached hydrogens (tertiary/aromatic N) is 4. The predicted octanol–water partition coefficient (Wildman–Crippen LogP) is 3.05. The van der Waals surface area contributed by atoms with Crippen molar-refractivity contribution < 1.29 is 4.42 Å². The fourth-order valence-electron chi connectivity index (χ4n) is 3.66. The standard InChI is InChI=1S/C19H27N5O/c1-15-6-7-17(25-15)14-23-12-16(13-23)21-19-20-9-8-18(22-19)24-10-4-2-3-5-11-24/h6-9,16H,2-5,10-14H2,1H3,(H,20,21,22). The van der Waals surface area contributed by atoms with Gasteiger partial charge in [-0.15, -0.1) is 0 Å². The molecule has 25 heavy (non-hydrogen) atoms. The van der Waals surface area contributed by atoms with Crippen LogP contribution in [0.1, 0.15) is 37.2 Å². The van der Waals surface area contributed by atoms with Crippen molar-refractivity contribution in [3.63, 3.8) is 0 Å². The summed E-state index contributed by atoms with van der Waals surface area (Å²) >= 11 is 0. The van der Waals surface area contributed by atoms with Gasteiger partial charge in [-0.1, -0.05) is 12.8 Å². The van der Waals surface area contributed by atoms with Gasteiger partial charge < -0.3 is 14.6 Å². The van der Waals surface area contributed by atoms with Crippen LogP contribution in [-0.4, -0.2) is 47.1 Å². The SMILES string of the molecule is Cc1ccc(CN2CC(Nc3nccc(N4CCCCCC4)n3)C2)o1. The molecule has 0 aromatic carbocycles. The molecule has 2 aromatic heterocycles. The number of aromatic nitrogens is 2. The minimum Gasteiger partial charge on any atom is -0.465 e. The lowest BCUT2D eigenvalue weighted by molar-refractivity contribution is 0.140. The van der Waals surface area contributed by atoms with Crippen LogP contribution in [0.5, 0.6) is 0 Å². The maximum atomic E-state index is 5.64. The Morgan fingerprint density at radius 2 is 1.92 bits per heavy atom. The number of anilines is 2. The zero-order chi connectivity index (χ0) is 17.1. The molecule has 2 aliphatic rings. The molecule has 0 amide bonds. The Bertz CT molecular complexity index is 687. The maximum Gasteiger partial charge on any atom is 0.224 e. The van der Waals surface area contributed by atoms with Gasteiger partial charge in [0.2, 0.25) is 5.95 Å². The summed E-state index contributed by atoms with van der Waals surface area (Å²) in [7, 11) is 0. The second-order valence-corrected chi connectivity index (χ2v) is 7.19. The van der Waals surface area contributed by atoms with Gasteiger partial charge in [0.15, 0.2) is 0 Å². The van der Waals surface area contributed by atoms with Crippen LogP contribution in [0.2, 0.25) is 0 Å². The fourth-order valence-corrected chi connectivity index (χ4v) is 3.66. The third-order valence-electron chi connectivity index (χ3n) is 5.04. The van der Waals surface area contributed by atoms with Crippen molar-refractivity contribution in [3.8, 4) is 0 Å². The molecule has 0 radical (unpaired) electrons. The maximum absolute atomic E-state index is 5.64. The number of aryl methyl sites for hydroxylation is 1. The molecule has 0 unspecified atom stereocenters. The van der Waals surface area contributed by atoms with Gasteiger partial charge in [-0.25, -0.2) is 4.98 Å². The molecule has 2 fully saturated rings. The minimum absolute atomic E-state index is 0.412. The summed E-state index contributed by atoms with van der Waals surface area (Å²) < 4.78 is 5.64. The average Bonchev–Trinajstić information content (AvgIpc) is 2.83. The molecule has 6 nitrogen and oxygen atoms in total. The third kappa shape index (κ3) is 4.12. The van der Waals surface area contributed by atoms with Crippen LogP contribution in [-0.2, 0) is 6.54 Å². The zero-order valence-corrected chi connectivity index (χ0v) is 14.9. The Morgan fingerprint density at radius 1 is 1.12 bits per heavy atom. The van der Waals surface area contributed by atoms with E-state index in [-0.39, 0.29) is 0 Å². The number of likely N-dealkylation sites (tertiary alicyclic amines) is 1. The second-order valence-electron chi connectivity index (χ2n) is 7.19. The lowest BCUT2D eigenvalue weighted by atomic mass is 10.1. The highest BCUT2D eigenvalue weighted by Crippen LogP contribution is 2.20. The molecule has 0 spiro atoms. The lowest BCUT2D eigenvalue weighted by Gasteiger charge is -2.39. The first-order chi connectivity index (χ1) is 12.3. The van der Waals surface area contributed by atoms with E-state index in [0.29, 0.717) is 6.04 Å². The summed E-state index contributed by atoms with van der Waals surface area (Å²) in [5, 5.41) is 3.47. The van der Waals surface area contributed by atoms with Crippen LogP contribution < -0.4 is 10.2 Å². The van der Waals surface area contributed by atoms with Crippen molar-refractivity contribution in [1.82, 2.24) is 14.9 Å². The number of hydrogen-bond acceptors (Lipinski definition) is 6. The molecule has 0 atom stereocenters. The van der Waals surface area contributed by atoms with E-state index in [4.69, 9.17) is 9.40 Å². The molecule has 2 aromatic rings. The Kier molecular flexibility index (Phi) is 4.88. The Morgan fingerprint density at radius 3 is 2.64 bits per heavy atom. The van der Waals surface area contributed by atoms with Crippen molar-refractivity contribution >= 4 is 11.8 Å². The van der Waals surface area contributed by atoms with Crippen LogP contribution in [0.4, 0.5) is 11.8 Å². The molecule has 4 rings (SSSR count). The molecular weight excluding hydrogens is 314 g/mol. The molecule has 2 aliphatic heterocycles. The summed E-state index contributed by atoms with van der Waals surface area (Å²) in [6.45, 7) is 7.07. The zero-order valence-electron chi connectivity index (χ0n) is 14.9. The molecule has 0 aliphatic carbocycles. The molecule has 134 valence electrons. The normalized spacial score (nSPS) is 19.5. The minimum atomic E-state index is 0.412. The van der Waals surface area contributed by atoms with Crippen LogP contribution in [0.3, 0.4) is 0 Å². The molecular formula is C19H27N5O. The van der Waals surface area contributed by atoms with E-state index in [0.717, 1.165) is 56.0 Å². The summed E-state index contributed by atoms with van der Waals surface area (Å²) in [5.41, 5.74) is 0. The highest BCUT2D eigenvalue weighted by atomic mass is 16.3. The average molecular weight is 341 g/mol. The van der Waals surface area contributed by atoms with E-state index in [1.165, 1.54) is 25.7 Å². The van der Waals surface area contributed by atoms with E-state index in [2.05, 4.69) is 26.2 Å². The van der Waals surface area contributed by atoms with Gasteiger partial charge in [-0.2, -0.15) is 4.98 Å². The quantitative estimate of drug-likeness (QED) is 0.902. The van der Waals surface area contributed by atoms with Gasteiger partial charge in [0.25, 0.3) is 0 Å². The summed E-state index contributed by atoms with van der Waals surface area (Å²) in [5.74, 6) is 3.82. The Balaban J connectivity index is 1.29. The first-order valence-electron chi connectivity index (χ1n) is 9.38. The molecule has 0 saturated carbocycles. The van der Waals surface area contributed by atoms with E-state index in [1.807, 2.05) is 25.3 Å². The van der Waals surface area contributed by atoms with Crippen molar-refractivity contribution in [3.05, 3.63) is 35.9 Å². The Hall–Kier alpha value is -2.08. The van der Waals surface area contributed by atoms with Gasteiger partial charge >= 0.3 is 0 Å². The van der Waals surface area contributed by atoms with E-state index < -0.39 is 0 Å². The van der Waals surface area contributed by atoms with Crippen molar-refractivity contribution in [1.29, 1.82) is 0 Å². The Labute approximate surface area is 149 Å². The van der Waals surface area contributed by atoms with Crippen LogP contribution in [0.25, 0.3) is 0 Å². The summed E-state index contributed by atoms with van der Waals surface area (Å²) in [6.07, 6.45) is 7.06. The van der Waals surface area contributed by atoms with Gasteiger partial charge in [0, 0.05) is 32.4 Å². The predicted molar refractivity (Wildman–Crippen MR) is 98.8 cm³/mol. The van der Waals surface area contributed by atoms with E-state index in [9.17, 15) is 0 Å². The number of rotatable bonds is 5. The second kappa shape index (κ2) is 7.44. The summed E-state index contributed by atoms with van der Waals surface area (Å²) in [4.78, 5) is 13.9. The third-order valence-corrected chi connectivity index (χ3v) is 5.04. The van der Waals surface area contributed by atoms with Gasteiger partial charge in [-0.05, 0) is 38.0 Å². The van der Waals surface area contributed by atoms with E-state index in [1.54, 1.807) is 0 Å². The van der Waals surface area contributed by atoms with Gasteiger partial charge in [-0.3, -0.25) is 4.90 Å². The van der Waals surface area contributed by atoms with E-state index >= 15 is 0 Å². The largest absolute Gasteiger partial charge is 0.465 e. The highest BCUT2D eigenvalue weighted by molar-refractivity contribution is 5.43. The fraction of sp³-hybridized carbons (Fsp3) is 0.579. The molecule has 2 saturated heterocycles. The number of nitrogens with one attached hydrogen (secondary N) is 1. The van der Waals surface area contributed by atoms with Crippen LogP contribution in [0, 0.1) is 6.92 Å². The number of furan rings is 1. The van der Waals surface area contributed by atoms with Crippen LogP contribution in [0.15, 0.2) is 28.8 Å². The number of hydrogen-bond donors (Lipinski definition) is 1. The lowest BCUT2D eigenvalue weighted by Crippen LogP contribution is -2.54. The smallest absolute Gasteiger partial charge is 0.224 e. The highest BCUT2D eigenvalue weighted by Gasteiger charge is 2.28. The van der Waals surface area contributed by atoms with Gasteiger partial charge in [0.1, 0.15) is 17.3 Å². The molecule has 4 heterocycles. The molecule has 0 bridgehead atoms. The van der Waals surface area contributed by atoms with Gasteiger partial charge in [0.05, 0.1) is 12.6 Å². The van der Waals surface area contributed by atoms with Crippen LogP contribution >= 0.6 is 0 Å². The summed E-state index contributed by atoms with van der Waals surface area (Å²) in [6, 6.07) is 6.52. The molecule has 1 N–H and O–H groups in total.